The van der Waals surface area contributed by atoms with Crippen molar-refractivity contribution in [3.05, 3.63) is 36.0 Å². The van der Waals surface area contributed by atoms with Gasteiger partial charge in [0.15, 0.2) is 5.76 Å². The van der Waals surface area contributed by atoms with Gasteiger partial charge < -0.3 is 14.2 Å². The zero-order chi connectivity index (χ0) is 19.8. The third-order valence-electron chi connectivity index (χ3n) is 4.47. The Bertz CT molecular complexity index is 799. The molecule has 2 aromatic rings. The number of carbonyl (C=O) groups excluding carboxylic acids is 1. The zero-order valence-corrected chi connectivity index (χ0v) is 15.5. The summed E-state index contributed by atoms with van der Waals surface area (Å²) in [5.74, 6) is 0.520. The van der Waals surface area contributed by atoms with Crippen molar-refractivity contribution in [2.24, 2.45) is 5.41 Å². The molecule has 1 aromatic carbocycles. The number of alkyl halides is 3. The van der Waals surface area contributed by atoms with Gasteiger partial charge in [0.1, 0.15) is 0 Å². The van der Waals surface area contributed by atoms with Gasteiger partial charge >= 0.3 is 6.18 Å². The first-order valence-electron chi connectivity index (χ1n) is 8.73. The first-order chi connectivity index (χ1) is 12.6. The van der Waals surface area contributed by atoms with E-state index in [-0.39, 0.29) is 5.91 Å². The van der Waals surface area contributed by atoms with E-state index in [0.717, 1.165) is 12.1 Å². The van der Waals surface area contributed by atoms with Crippen LogP contribution in [-0.2, 0) is 11.0 Å². The number of oxazole rings is 1. The van der Waals surface area contributed by atoms with Crippen LogP contribution in [-0.4, -0.2) is 42.0 Å². The van der Waals surface area contributed by atoms with Crippen LogP contribution < -0.4 is 4.90 Å². The quantitative estimate of drug-likeness (QED) is 0.787. The smallest absolute Gasteiger partial charge is 0.416 e. The second-order valence-electron chi connectivity index (χ2n) is 7.61. The third-order valence-corrected chi connectivity index (χ3v) is 4.47. The van der Waals surface area contributed by atoms with Crippen LogP contribution in [0.4, 0.5) is 19.2 Å². The maximum absolute atomic E-state index is 12.7. The van der Waals surface area contributed by atoms with E-state index in [1.54, 1.807) is 0 Å². The molecule has 27 heavy (non-hydrogen) atoms. The highest BCUT2D eigenvalue weighted by atomic mass is 19.4. The van der Waals surface area contributed by atoms with Crippen LogP contribution in [0.5, 0.6) is 0 Å². The minimum atomic E-state index is -4.37. The van der Waals surface area contributed by atoms with Crippen molar-refractivity contribution in [1.82, 2.24) is 9.88 Å². The molecule has 0 bridgehead atoms. The van der Waals surface area contributed by atoms with E-state index in [9.17, 15) is 18.0 Å². The van der Waals surface area contributed by atoms with Gasteiger partial charge in [0.25, 0.3) is 6.01 Å². The molecule has 0 atom stereocenters. The van der Waals surface area contributed by atoms with Gasteiger partial charge in [0.2, 0.25) is 5.91 Å². The number of carbonyl (C=O) groups is 1. The summed E-state index contributed by atoms with van der Waals surface area (Å²) < 4.78 is 43.7. The van der Waals surface area contributed by atoms with Crippen LogP contribution >= 0.6 is 0 Å². The van der Waals surface area contributed by atoms with E-state index in [2.05, 4.69) is 4.98 Å². The van der Waals surface area contributed by atoms with E-state index in [1.807, 2.05) is 30.6 Å². The fourth-order valence-corrected chi connectivity index (χ4v) is 2.94. The lowest BCUT2D eigenvalue weighted by Gasteiger charge is -2.37. The highest BCUT2D eigenvalue weighted by molar-refractivity contribution is 5.81. The Labute approximate surface area is 155 Å². The SMILES string of the molecule is CC(C)(C)C(=O)N1CCN(c2ncc(-c3ccc(C(F)(F)F)cc3)o2)CC1. The molecule has 0 N–H and O–H groups in total. The van der Waals surface area contributed by atoms with Crippen molar-refractivity contribution in [3.8, 4) is 11.3 Å². The number of aromatic nitrogens is 1. The molecule has 0 saturated carbocycles. The largest absolute Gasteiger partial charge is 0.423 e. The Morgan fingerprint density at radius 1 is 1.04 bits per heavy atom. The van der Waals surface area contributed by atoms with E-state index in [0.29, 0.717) is 43.5 Å². The van der Waals surface area contributed by atoms with Crippen LogP contribution in [0.1, 0.15) is 26.3 Å². The molecule has 8 heteroatoms. The van der Waals surface area contributed by atoms with Gasteiger partial charge in [-0.2, -0.15) is 13.2 Å². The zero-order valence-electron chi connectivity index (χ0n) is 15.5. The molecule has 1 aliphatic rings. The number of rotatable bonds is 2. The summed E-state index contributed by atoms with van der Waals surface area (Å²) in [5.41, 5.74) is -0.588. The average molecular weight is 381 g/mol. The molecule has 0 radical (unpaired) electrons. The van der Waals surface area contributed by atoms with Crippen molar-refractivity contribution in [1.29, 1.82) is 0 Å². The second kappa shape index (κ2) is 6.90. The Balaban J connectivity index is 1.66. The number of halogens is 3. The lowest BCUT2D eigenvalue weighted by Crippen LogP contribution is -2.51. The summed E-state index contributed by atoms with van der Waals surface area (Å²) in [5, 5.41) is 0. The molecule has 3 rings (SSSR count). The minimum Gasteiger partial charge on any atom is -0.423 e. The second-order valence-corrected chi connectivity index (χ2v) is 7.61. The van der Waals surface area contributed by atoms with E-state index < -0.39 is 17.2 Å². The topological polar surface area (TPSA) is 49.6 Å². The summed E-state index contributed by atoms with van der Waals surface area (Å²) >= 11 is 0. The molecule has 0 aliphatic carbocycles. The molecule has 5 nitrogen and oxygen atoms in total. The van der Waals surface area contributed by atoms with Crippen LogP contribution in [0.3, 0.4) is 0 Å². The van der Waals surface area contributed by atoms with Gasteiger partial charge in [-0.05, 0) is 12.1 Å². The number of nitrogens with zero attached hydrogens (tertiary/aromatic N) is 3. The Hall–Kier alpha value is -2.51. The van der Waals surface area contributed by atoms with E-state index in [1.165, 1.54) is 18.3 Å². The van der Waals surface area contributed by atoms with Gasteiger partial charge in [-0.15, -0.1) is 0 Å². The normalized spacial score (nSPS) is 15.9. The molecule has 146 valence electrons. The molecule has 1 aromatic heterocycles. The number of hydrogen-bond donors (Lipinski definition) is 0. The van der Waals surface area contributed by atoms with Crippen molar-refractivity contribution in [2.75, 3.05) is 31.1 Å². The molecule has 2 heterocycles. The number of hydrogen-bond acceptors (Lipinski definition) is 4. The highest BCUT2D eigenvalue weighted by Crippen LogP contribution is 2.32. The first kappa shape index (κ1) is 19.3. The standard InChI is InChI=1S/C19H22F3N3O2/c1-18(2,3)16(26)24-8-10-25(11-9-24)17-23-12-15(27-17)13-4-6-14(7-5-13)19(20,21)22/h4-7,12H,8-11H2,1-3H3. The van der Waals surface area contributed by atoms with Crippen molar-refractivity contribution in [3.63, 3.8) is 0 Å². The van der Waals surface area contributed by atoms with Gasteiger partial charge in [-0.1, -0.05) is 32.9 Å². The number of piperazine rings is 1. The monoisotopic (exact) mass is 381 g/mol. The molecule has 0 unspecified atom stereocenters. The first-order valence-corrected chi connectivity index (χ1v) is 8.73. The number of benzene rings is 1. The number of anilines is 1. The Morgan fingerprint density at radius 3 is 2.15 bits per heavy atom. The van der Waals surface area contributed by atoms with Gasteiger partial charge in [-0.3, -0.25) is 4.79 Å². The van der Waals surface area contributed by atoms with Crippen molar-refractivity contribution in [2.45, 2.75) is 26.9 Å². The summed E-state index contributed by atoms with van der Waals surface area (Å²) in [6.45, 7) is 8.02. The minimum absolute atomic E-state index is 0.111. The van der Waals surface area contributed by atoms with Crippen LogP contribution in [0.25, 0.3) is 11.3 Å². The molecule has 1 saturated heterocycles. The predicted octanol–water partition coefficient (Wildman–Crippen LogP) is 4.06. The molecule has 1 aliphatic heterocycles. The summed E-state index contributed by atoms with van der Waals surface area (Å²) in [7, 11) is 0. The summed E-state index contributed by atoms with van der Waals surface area (Å²) in [6.07, 6.45) is -2.86. The van der Waals surface area contributed by atoms with Crippen LogP contribution in [0.15, 0.2) is 34.9 Å². The van der Waals surface area contributed by atoms with E-state index in [4.69, 9.17) is 4.42 Å². The molecular formula is C19H22F3N3O2. The highest BCUT2D eigenvalue weighted by Gasteiger charge is 2.31. The fourth-order valence-electron chi connectivity index (χ4n) is 2.94. The summed E-state index contributed by atoms with van der Waals surface area (Å²) in [6, 6.07) is 5.19. The van der Waals surface area contributed by atoms with Gasteiger partial charge in [-0.25, -0.2) is 4.98 Å². The number of amides is 1. The predicted molar refractivity (Wildman–Crippen MR) is 95.2 cm³/mol. The van der Waals surface area contributed by atoms with E-state index >= 15 is 0 Å². The maximum Gasteiger partial charge on any atom is 0.416 e. The van der Waals surface area contributed by atoms with Crippen LogP contribution in [0.2, 0.25) is 0 Å². The summed E-state index contributed by atoms with van der Waals surface area (Å²) in [4.78, 5) is 20.3. The third kappa shape index (κ3) is 4.26. The Morgan fingerprint density at radius 2 is 1.63 bits per heavy atom. The molecule has 1 amide bonds. The average Bonchev–Trinajstić information content (AvgIpc) is 3.10. The maximum atomic E-state index is 12.7. The van der Waals surface area contributed by atoms with Gasteiger partial charge in [0.05, 0.1) is 11.8 Å². The van der Waals surface area contributed by atoms with Crippen molar-refractivity contribution < 1.29 is 22.4 Å². The lowest BCUT2D eigenvalue weighted by molar-refractivity contribution is -0.140. The molecular weight excluding hydrogens is 359 g/mol. The Kier molecular flexibility index (Phi) is 4.92. The fraction of sp³-hybridized carbons (Fsp3) is 0.474. The van der Waals surface area contributed by atoms with Crippen molar-refractivity contribution >= 4 is 11.9 Å². The van der Waals surface area contributed by atoms with Crippen LogP contribution in [0, 0.1) is 5.41 Å². The molecule has 1 fully saturated rings. The molecule has 0 spiro atoms. The van der Waals surface area contributed by atoms with Gasteiger partial charge in [0, 0.05) is 37.2 Å². The lowest BCUT2D eigenvalue weighted by atomic mass is 9.94.